The van der Waals surface area contributed by atoms with Crippen molar-refractivity contribution in [2.75, 3.05) is 26.3 Å². The van der Waals surface area contributed by atoms with Gasteiger partial charge in [0, 0.05) is 13.1 Å². The number of hydrogen-bond acceptors (Lipinski definition) is 3. The largest absolute Gasteiger partial charge is 0.486 e. The summed E-state index contributed by atoms with van der Waals surface area (Å²) >= 11 is 0. The molecule has 2 amide bonds. The van der Waals surface area contributed by atoms with Crippen molar-refractivity contribution in [1.82, 2.24) is 10.6 Å². The van der Waals surface area contributed by atoms with Crippen molar-refractivity contribution in [3.63, 3.8) is 0 Å². The van der Waals surface area contributed by atoms with E-state index in [1.165, 1.54) is 0 Å². The van der Waals surface area contributed by atoms with Gasteiger partial charge >= 0.3 is 6.03 Å². The van der Waals surface area contributed by atoms with Crippen molar-refractivity contribution in [2.24, 2.45) is 5.41 Å². The van der Waals surface area contributed by atoms with Gasteiger partial charge in [0.1, 0.15) is 13.2 Å². The third kappa shape index (κ3) is 5.17. The van der Waals surface area contributed by atoms with E-state index < -0.39 is 0 Å². The molecule has 2 N–H and O–H groups in total. The van der Waals surface area contributed by atoms with Gasteiger partial charge < -0.3 is 20.1 Å². The molecule has 0 unspecified atom stereocenters. The van der Waals surface area contributed by atoms with Crippen molar-refractivity contribution in [3.05, 3.63) is 23.8 Å². The number of carbonyl (C=O) groups is 1. The van der Waals surface area contributed by atoms with Crippen LogP contribution < -0.4 is 20.1 Å². The molecule has 116 valence electrons. The van der Waals surface area contributed by atoms with E-state index in [9.17, 15) is 4.79 Å². The Morgan fingerprint density at radius 1 is 1.14 bits per heavy atom. The molecule has 0 saturated heterocycles. The predicted octanol–water partition coefficient (Wildman–Crippen LogP) is 2.35. The molecule has 1 aliphatic heterocycles. The molecule has 2 rings (SSSR count). The summed E-state index contributed by atoms with van der Waals surface area (Å²) in [5, 5.41) is 5.73. The second-order valence-corrected chi connectivity index (χ2v) is 6.40. The van der Waals surface area contributed by atoms with Crippen LogP contribution in [0.15, 0.2) is 18.2 Å². The van der Waals surface area contributed by atoms with Gasteiger partial charge in [0.05, 0.1) is 0 Å². The van der Waals surface area contributed by atoms with Gasteiger partial charge in [-0.2, -0.15) is 0 Å². The first-order valence-electron chi connectivity index (χ1n) is 7.34. The first-order chi connectivity index (χ1) is 9.94. The van der Waals surface area contributed by atoms with Crippen LogP contribution in [0, 0.1) is 5.41 Å². The average Bonchev–Trinajstić information content (AvgIpc) is 2.44. The Labute approximate surface area is 126 Å². The minimum Gasteiger partial charge on any atom is -0.486 e. The summed E-state index contributed by atoms with van der Waals surface area (Å²) in [6.45, 7) is 8.69. The van der Waals surface area contributed by atoms with Crippen molar-refractivity contribution in [1.29, 1.82) is 0 Å². The Kier molecular flexibility index (Phi) is 4.94. The van der Waals surface area contributed by atoms with Crippen LogP contribution in [0.4, 0.5) is 4.79 Å². The lowest BCUT2D eigenvalue weighted by Gasteiger charge is -2.19. The van der Waals surface area contributed by atoms with E-state index in [0.29, 0.717) is 26.3 Å². The second kappa shape index (κ2) is 6.70. The fourth-order valence-electron chi connectivity index (χ4n) is 1.97. The number of urea groups is 1. The Bertz CT molecular complexity index is 495. The summed E-state index contributed by atoms with van der Waals surface area (Å²) in [6, 6.07) is 5.78. The first-order valence-corrected chi connectivity index (χ1v) is 7.34. The Morgan fingerprint density at radius 3 is 2.57 bits per heavy atom. The molecule has 0 spiro atoms. The summed E-state index contributed by atoms with van der Waals surface area (Å²) in [4.78, 5) is 11.6. The summed E-state index contributed by atoms with van der Waals surface area (Å²) in [5.41, 5.74) is 1.21. The zero-order valence-electron chi connectivity index (χ0n) is 13.0. The highest BCUT2D eigenvalue weighted by molar-refractivity contribution is 5.73. The highest BCUT2D eigenvalue weighted by Crippen LogP contribution is 2.30. The molecule has 5 nitrogen and oxygen atoms in total. The predicted molar refractivity (Wildman–Crippen MR) is 82.0 cm³/mol. The van der Waals surface area contributed by atoms with Gasteiger partial charge in [0.25, 0.3) is 0 Å². The van der Waals surface area contributed by atoms with E-state index in [1.807, 2.05) is 18.2 Å². The van der Waals surface area contributed by atoms with Crippen LogP contribution in [0.1, 0.15) is 26.3 Å². The zero-order valence-corrected chi connectivity index (χ0v) is 13.0. The maximum Gasteiger partial charge on any atom is 0.314 e. The third-order valence-electron chi connectivity index (χ3n) is 3.09. The van der Waals surface area contributed by atoms with Crippen LogP contribution in [-0.4, -0.2) is 32.3 Å². The van der Waals surface area contributed by atoms with Gasteiger partial charge in [-0.1, -0.05) is 26.8 Å². The molecule has 1 aliphatic rings. The fourth-order valence-corrected chi connectivity index (χ4v) is 1.97. The van der Waals surface area contributed by atoms with Crippen molar-refractivity contribution in [3.8, 4) is 11.5 Å². The van der Waals surface area contributed by atoms with Crippen LogP contribution in [0.5, 0.6) is 11.5 Å². The Morgan fingerprint density at radius 2 is 1.86 bits per heavy atom. The van der Waals surface area contributed by atoms with Gasteiger partial charge in [-0.05, 0) is 29.5 Å². The number of ether oxygens (including phenoxy) is 2. The molecule has 1 heterocycles. The molecule has 0 aliphatic carbocycles. The highest BCUT2D eigenvalue weighted by Gasteiger charge is 2.13. The quantitative estimate of drug-likeness (QED) is 0.895. The number of hydrogen-bond donors (Lipinski definition) is 2. The minimum absolute atomic E-state index is 0.0904. The summed E-state index contributed by atoms with van der Waals surface area (Å²) in [5.74, 6) is 1.58. The lowest BCUT2D eigenvalue weighted by Crippen LogP contribution is -2.40. The molecule has 0 aromatic heterocycles. The lowest BCUT2D eigenvalue weighted by molar-refractivity contribution is 0.171. The monoisotopic (exact) mass is 292 g/mol. The van der Waals surface area contributed by atoms with Crippen LogP contribution in [-0.2, 0) is 6.42 Å². The van der Waals surface area contributed by atoms with Gasteiger partial charge in [0.2, 0.25) is 0 Å². The number of fused-ring (bicyclic) bond motifs is 1. The molecule has 1 aromatic rings. The molecule has 0 bridgehead atoms. The maximum absolute atomic E-state index is 11.6. The number of nitrogens with one attached hydrogen (secondary N) is 2. The van der Waals surface area contributed by atoms with Gasteiger partial charge in [-0.3, -0.25) is 0 Å². The van der Waals surface area contributed by atoms with Crippen LogP contribution >= 0.6 is 0 Å². The highest BCUT2D eigenvalue weighted by atomic mass is 16.6. The number of benzene rings is 1. The zero-order chi connectivity index (χ0) is 15.3. The van der Waals surface area contributed by atoms with Gasteiger partial charge in [-0.25, -0.2) is 4.79 Å². The summed E-state index contributed by atoms with van der Waals surface area (Å²) in [7, 11) is 0. The van der Waals surface area contributed by atoms with E-state index in [0.717, 1.165) is 23.5 Å². The molecule has 21 heavy (non-hydrogen) atoms. The topological polar surface area (TPSA) is 59.6 Å². The van der Waals surface area contributed by atoms with E-state index in [4.69, 9.17) is 9.47 Å². The van der Waals surface area contributed by atoms with Crippen LogP contribution in [0.25, 0.3) is 0 Å². The molecule has 1 aromatic carbocycles. The average molecular weight is 292 g/mol. The number of rotatable bonds is 4. The SMILES string of the molecule is CC(C)(C)CNC(=O)NCCc1ccc2c(c1)OCCO2. The minimum atomic E-state index is -0.123. The standard InChI is InChI=1S/C16H24N2O3/c1-16(2,3)11-18-15(19)17-7-6-12-4-5-13-14(10-12)21-9-8-20-13/h4-5,10H,6-9,11H2,1-3H3,(H2,17,18,19). The first kappa shape index (κ1) is 15.5. The summed E-state index contributed by atoms with van der Waals surface area (Å²) in [6.07, 6.45) is 0.763. The van der Waals surface area contributed by atoms with E-state index in [-0.39, 0.29) is 11.4 Å². The van der Waals surface area contributed by atoms with Crippen molar-refractivity contribution < 1.29 is 14.3 Å². The van der Waals surface area contributed by atoms with E-state index >= 15 is 0 Å². The molecule has 0 atom stereocenters. The van der Waals surface area contributed by atoms with Gasteiger partial charge in [0.15, 0.2) is 11.5 Å². The number of carbonyl (C=O) groups excluding carboxylic acids is 1. The number of amides is 2. The van der Waals surface area contributed by atoms with Crippen LogP contribution in [0.2, 0.25) is 0 Å². The van der Waals surface area contributed by atoms with Crippen molar-refractivity contribution in [2.45, 2.75) is 27.2 Å². The van der Waals surface area contributed by atoms with Crippen molar-refractivity contribution >= 4 is 6.03 Å². The van der Waals surface area contributed by atoms with E-state index in [2.05, 4.69) is 31.4 Å². The second-order valence-electron chi connectivity index (χ2n) is 6.40. The molecule has 0 radical (unpaired) electrons. The Hall–Kier alpha value is -1.91. The summed E-state index contributed by atoms with van der Waals surface area (Å²) < 4.78 is 11.0. The smallest absolute Gasteiger partial charge is 0.314 e. The molecule has 0 fully saturated rings. The fraction of sp³-hybridized carbons (Fsp3) is 0.562. The third-order valence-corrected chi connectivity index (χ3v) is 3.09. The van der Waals surface area contributed by atoms with E-state index in [1.54, 1.807) is 0 Å². The van der Waals surface area contributed by atoms with Gasteiger partial charge in [-0.15, -0.1) is 0 Å². The van der Waals surface area contributed by atoms with Crippen LogP contribution in [0.3, 0.4) is 0 Å². The lowest BCUT2D eigenvalue weighted by atomic mass is 9.97. The molecule has 5 heteroatoms. The molecular formula is C16H24N2O3. The Balaban J connectivity index is 1.74. The normalized spacial score (nSPS) is 13.7. The molecular weight excluding hydrogens is 268 g/mol. The maximum atomic E-state index is 11.6. The molecule has 0 saturated carbocycles.